The second-order valence-electron chi connectivity index (χ2n) is 3.31. The number of ether oxygens (including phenoxy) is 1. The van der Waals surface area contributed by atoms with E-state index in [1.54, 1.807) is 0 Å². The first-order valence-corrected chi connectivity index (χ1v) is 7.07. The van der Waals surface area contributed by atoms with Gasteiger partial charge in [0.25, 0.3) is 0 Å². The predicted octanol–water partition coefficient (Wildman–Crippen LogP) is 2.20. The molecule has 0 radical (unpaired) electrons. The normalized spacial score (nSPS) is 11.2. The van der Waals surface area contributed by atoms with E-state index in [-0.39, 0.29) is 23.1 Å². The molecule has 0 spiro atoms. The Kier molecular flexibility index (Phi) is 5.02. The molecule has 0 aliphatic heterocycles. The Morgan fingerprint density at radius 1 is 1.47 bits per heavy atom. The van der Waals surface area contributed by atoms with Gasteiger partial charge in [-0.1, -0.05) is 0 Å². The molecule has 1 rings (SSSR count). The Bertz CT molecular complexity index is 478. The molecule has 0 fully saturated rings. The zero-order valence-corrected chi connectivity index (χ0v) is 10.8. The summed E-state index contributed by atoms with van der Waals surface area (Å²) < 4.78 is 43.2. The van der Waals surface area contributed by atoms with Crippen molar-refractivity contribution in [2.75, 3.05) is 23.5 Å². The summed E-state index contributed by atoms with van der Waals surface area (Å²) in [5.41, 5.74) is 0.262. The first-order valence-electron chi connectivity index (χ1n) is 4.88. The van der Waals surface area contributed by atoms with Gasteiger partial charge in [-0.05, 0) is 18.6 Å². The summed E-state index contributed by atoms with van der Waals surface area (Å²) in [4.78, 5) is 0. The lowest BCUT2D eigenvalue weighted by Crippen LogP contribution is -2.17. The molecule has 0 atom stereocenters. The van der Waals surface area contributed by atoms with Gasteiger partial charge in [0.1, 0.15) is 0 Å². The molecule has 17 heavy (non-hydrogen) atoms. The molecule has 0 saturated carbocycles. The van der Waals surface area contributed by atoms with Crippen molar-refractivity contribution in [1.29, 1.82) is 0 Å². The molecule has 0 heterocycles. The maximum absolute atomic E-state index is 13.1. The van der Waals surface area contributed by atoms with Gasteiger partial charge in [0.05, 0.1) is 18.6 Å². The summed E-state index contributed by atoms with van der Waals surface area (Å²) in [6.45, 7) is 0. The van der Waals surface area contributed by atoms with E-state index in [4.69, 9.17) is 16.3 Å². The lowest BCUT2D eigenvalue weighted by Gasteiger charge is -2.09. The van der Waals surface area contributed by atoms with Gasteiger partial charge in [0.15, 0.2) is 11.6 Å². The quantitative estimate of drug-likeness (QED) is 0.814. The summed E-state index contributed by atoms with van der Waals surface area (Å²) in [5, 5.41) is 0. The Hall–Kier alpha value is -1.01. The van der Waals surface area contributed by atoms with Gasteiger partial charge in [0, 0.05) is 11.9 Å². The van der Waals surface area contributed by atoms with Crippen LogP contribution in [0.25, 0.3) is 0 Å². The van der Waals surface area contributed by atoms with Crippen LogP contribution in [0.4, 0.5) is 10.1 Å². The number of hydrogen-bond donors (Lipinski definition) is 1. The van der Waals surface area contributed by atoms with E-state index in [0.29, 0.717) is 6.42 Å². The van der Waals surface area contributed by atoms with E-state index in [1.807, 2.05) is 0 Å². The van der Waals surface area contributed by atoms with Crippen molar-refractivity contribution in [2.24, 2.45) is 0 Å². The summed E-state index contributed by atoms with van der Waals surface area (Å²) in [6, 6.07) is 3.75. The lowest BCUT2D eigenvalue weighted by molar-refractivity contribution is 0.387. The number of halogens is 2. The number of benzene rings is 1. The van der Waals surface area contributed by atoms with Crippen molar-refractivity contribution in [3.8, 4) is 5.75 Å². The third-order valence-electron chi connectivity index (χ3n) is 1.97. The van der Waals surface area contributed by atoms with Crippen LogP contribution in [0.5, 0.6) is 5.75 Å². The van der Waals surface area contributed by atoms with E-state index in [2.05, 4.69) is 4.72 Å². The molecule has 1 aromatic carbocycles. The molecule has 96 valence electrons. The van der Waals surface area contributed by atoms with Crippen molar-refractivity contribution in [3.05, 3.63) is 24.0 Å². The average Bonchev–Trinajstić information content (AvgIpc) is 2.29. The second kappa shape index (κ2) is 6.07. The lowest BCUT2D eigenvalue weighted by atomic mass is 10.3. The van der Waals surface area contributed by atoms with Crippen LogP contribution in [0, 0.1) is 5.82 Å². The van der Waals surface area contributed by atoms with Gasteiger partial charge in [0.2, 0.25) is 10.0 Å². The summed E-state index contributed by atoms with van der Waals surface area (Å²) >= 11 is 5.42. The molecular weight excluding hydrogens is 269 g/mol. The molecule has 0 aromatic heterocycles. The minimum atomic E-state index is -3.45. The fourth-order valence-corrected chi connectivity index (χ4v) is 2.60. The summed E-state index contributed by atoms with van der Waals surface area (Å²) in [6.07, 6.45) is 0.356. The first kappa shape index (κ1) is 14.1. The van der Waals surface area contributed by atoms with Gasteiger partial charge < -0.3 is 4.74 Å². The number of sulfonamides is 1. The van der Waals surface area contributed by atoms with Crippen LogP contribution in [0.15, 0.2) is 18.2 Å². The largest absolute Gasteiger partial charge is 0.494 e. The average molecular weight is 282 g/mol. The van der Waals surface area contributed by atoms with Crippen molar-refractivity contribution < 1.29 is 17.5 Å². The van der Waals surface area contributed by atoms with E-state index in [1.165, 1.54) is 19.2 Å². The molecule has 0 amide bonds. The Morgan fingerprint density at radius 2 is 2.18 bits per heavy atom. The van der Waals surface area contributed by atoms with Gasteiger partial charge in [-0.25, -0.2) is 12.8 Å². The number of anilines is 1. The minimum absolute atomic E-state index is 0.0115. The molecule has 1 N–H and O–H groups in total. The molecule has 0 bridgehead atoms. The van der Waals surface area contributed by atoms with Crippen LogP contribution in [-0.4, -0.2) is 27.2 Å². The highest BCUT2D eigenvalue weighted by Crippen LogP contribution is 2.22. The molecule has 7 heteroatoms. The second-order valence-corrected chi connectivity index (χ2v) is 5.53. The zero-order chi connectivity index (χ0) is 12.9. The maximum atomic E-state index is 13.1. The van der Waals surface area contributed by atoms with Gasteiger partial charge in [-0.2, -0.15) is 0 Å². The van der Waals surface area contributed by atoms with Crippen molar-refractivity contribution in [1.82, 2.24) is 0 Å². The van der Waals surface area contributed by atoms with Crippen LogP contribution in [-0.2, 0) is 10.0 Å². The van der Waals surface area contributed by atoms with Crippen LogP contribution >= 0.6 is 11.6 Å². The Balaban J connectivity index is 2.81. The third-order valence-corrected chi connectivity index (χ3v) is 3.61. The predicted molar refractivity (Wildman–Crippen MR) is 65.7 cm³/mol. The highest BCUT2D eigenvalue weighted by Gasteiger charge is 2.11. The van der Waals surface area contributed by atoms with Crippen LogP contribution < -0.4 is 9.46 Å². The third kappa shape index (κ3) is 4.40. The van der Waals surface area contributed by atoms with Crippen molar-refractivity contribution in [2.45, 2.75) is 6.42 Å². The maximum Gasteiger partial charge on any atom is 0.232 e. The van der Waals surface area contributed by atoms with Crippen molar-refractivity contribution >= 4 is 27.3 Å². The van der Waals surface area contributed by atoms with Gasteiger partial charge in [-0.3, -0.25) is 4.72 Å². The molecule has 1 aromatic rings. The molecule has 0 aliphatic carbocycles. The van der Waals surface area contributed by atoms with Crippen LogP contribution in [0.3, 0.4) is 0 Å². The minimum Gasteiger partial charge on any atom is -0.494 e. The SMILES string of the molecule is COc1cc(NS(=O)(=O)CCCCl)ccc1F. The number of rotatable bonds is 6. The zero-order valence-electron chi connectivity index (χ0n) is 9.24. The number of methoxy groups -OCH3 is 1. The highest BCUT2D eigenvalue weighted by atomic mass is 35.5. The molecule has 0 unspecified atom stereocenters. The van der Waals surface area contributed by atoms with Gasteiger partial charge >= 0.3 is 0 Å². The molecule has 0 saturated heterocycles. The fraction of sp³-hybridized carbons (Fsp3) is 0.400. The summed E-state index contributed by atoms with van der Waals surface area (Å²) in [7, 11) is -2.14. The van der Waals surface area contributed by atoms with E-state index in [0.717, 1.165) is 6.07 Å². The number of alkyl halides is 1. The topological polar surface area (TPSA) is 55.4 Å². The summed E-state index contributed by atoms with van der Waals surface area (Å²) in [5.74, 6) is -0.358. The van der Waals surface area contributed by atoms with E-state index in [9.17, 15) is 12.8 Å². The highest BCUT2D eigenvalue weighted by molar-refractivity contribution is 7.92. The number of hydrogen-bond acceptors (Lipinski definition) is 3. The standard InChI is InChI=1S/C10H13ClFNO3S/c1-16-10-7-8(3-4-9(10)12)13-17(14,15)6-2-5-11/h3-4,7,13H,2,5-6H2,1H3. The van der Waals surface area contributed by atoms with Crippen LogP contribution in [0.2, 0.25) is 0 Å². The van der Waals surface area contributed by atoms with E-state index >= 15 is 0 Å². The molecular formula is C10H13ClFNO3S. The fourth-order valence-electron chi connectivity index (χ4n) is 1.20. The van der Waals surface area contributed by atoms with Gasteiger partial charge in [-0.15, -0.1) is 11.6 Å². The van der Waals surface area contributed by atoms with Crippen molar-refractivity contribution in [3.63, 3.8) is 0 Å². The molecule has 0 aliphatic rings. The Labute approximate surface area is 105 Å². The van der Waals surface area contributed by atoms with E-state index < -0.39 is 15.8 Å². The monoisotopic (exact) mass is 281 g/mol. The molecule has 4 nitrogen and oxygen atoms in total. The number of nitrogens with one attached hydrogen (secondary N) is 1. The van der Waals surface area contributed by atoms with Crippen LogP contribution in [0.1, 0.15) is 6.42 Å². The smallest absolute Gasteiger partial charge is 0.232 e. The Morgan fingerprint density at radius 3 is 2.76 bits per heavy atom. The first-order chi connectivity index (χ1) is 7.98.